The topological polar surface area (TPSA) is 54.9 Å². The minimum Gasteiger partial charge on any atom is -0.346 e. The van der Waals surface area contributed by atoms with Crippen molar-refractivity contribution in [1.29, 1.82) is 0 Å². The van der Waals surface area contributed by atoms with Crippen LogP contribution in [0.2, 0.25) is 5.02 Å². The Kier molecular flexibility index (Phi) is 3.98. The number of fused-ring (bicyclic) bond motifs is 1. The number of halogens is 2. The van der Waals surface area contributed by atoms with Crippen molar-refractivity contribution >= 4 is 28.5 Å². The van der Waals surface area contributed by atoms with E-state index < -0.39 is 11.7 Å². The number of nitrogens with zero attached hydrogens (tertiary/aromatic N) is 2. The molecule has 110 valence electrons. The Balaban J connectivity index is 1.77. The van der Waals surface area contributed by atoms with Crippen LogP contribution in [0.25, 0.3) is 11.0 Å². The molecular weight excluding hydrogens is 305 g/mol. The number of nitrogens with one attached hydrogen (secondary N) is 1. The van der Waals surface area contributed by atoms with Crippen LogP contribution in [0.5, 0.6) is 0 Å². The molecule has 6 heteroatoms. The average molecular weight is 316 g/mol. The third kappa shape index (κ3) is 2.89. The number of carbonyl (C=O) groups is 1. The summed E-state index contributed by atoms with van der Waals surface area (Å²) in [4.78, 5) is 20.7. The molecular formula is C16H11ClFN3O. The van der Waals surface area contributed by atoms with Crippen molar-refractivity contribution in [3.8, 4) is 0 Å². The van der Waals surface area contributed by atoms with Crippen LogP contribution in [-0.2, 0) is 6.54 Å². The van der Waals surface area contributed by atoms with E-state index in [2.05, 4.69) is 15.3 Å². The molecule has 1 amide bonds. The molecule has 0 saturated heterocycles. The molecule has 0 spiro atoms. The molecule has 0 bridgehead atoms. The Morgan fingerprint density at radius 2 is 1.91 bits per heavy atom. The maximum absolute atomic E-state index is 13.7. The zero-order valence-corrected chi connectivity index (χ0v) is 12.1. The monoisotopic (exact) mass is 315 g/mol. The minimum atomic E-state index is -0.658. The largest absolute Gasteiger partial charge is 0.346 e. The highest BCUT2D eigenvalue weighted by molar-refractivity contribution is 6.33. The van der Waals surface area contributed by atoms with E-state index in [1.54, 1.807) is 6.20 Å². The smallest absolute Gasteiger partial charge is 0.256 e. The predicted octanol–water partition coefficient (Wildman–Crippen LogP) is 3.35. The highest BCUT2D eigenvalue weighted by Crippen LogP contribution is 2.18. The second-order valence-corrected chi connectivity index (χ2v) is 5.04. The lowest BCUT2D eigenvalue weighted by atomic mass is 10.2. The number of benzene rings is 2. The number of carbonyl (C=O) groups excluding carboxylic acids is 1. The number of para-hydroxylation sites is 2. The number of rotatable bonds is 3. The Morgan fingerprint density at radius 3 is 2.68 bits per heavy atom. The summed E-state index contributed by atoms with van der Waals surface area (Å²) in [6.45, 7) is 0.140. The van der Waals surface area contributed by atoms with Crippen LogP contribution in [0.1, 0.15) is 16.1 Å². The van der Waals surface area contributed by atoms with Crippen molar-refractivity contribution in [3.63, 3.8) is 0 Å². The van der Waals surface area contributed by atoms with Gasteiger partial charge in [-0.05, 0) is 24.3 Å². The lowest BCUT2D eigenvalue weighted by Gasteiger charge is -2.07. The summed E-state index contributed by atoms with van der Waals surface area (Å²) < 4.78 is 13.7. The van der Waals surface area contributed by atoms with Crippen LogP contribution < -0.4 is 5.32 Å². The molecule has 0 saturated carbocycles. The predicted molar refractivity (Wildman–Crippen MR) is 82.1 cm³/mol. The highest BCUT2D eigenvalue weighted by Gasteiger charge is 2.15. The summed E-state index contributed by atoms with van der Waals surface area (Å²) >= 11 is 5.86. The lowest BCUT2D eigenvalue weighted by molar-refractivity contribution is 0.0946. The molecule has 1 heterocycles. The first kappa shape index (κ1) is 14.4. The second kappa shape index (κ2) is 6.07. The molecule has 0 atom stereocenters. The van der Waals surface area contributed by atoms with Crippen molar-refractivity contribution in [3.05, 3.63) is 70.8 Å². The molecule has 0 aliphatic carbocycles. The second-order valence-electron chi connectivity index (χ2n) is 4.63. The van der Waals surface area contributed by atoms with Gasteiger partial charge in [0.15, 0.2) is 0 Å². The summed E-state index contributed by atoms with van der Waals surface area (Å²) in [5, 5.41) is 2.67. The van der Waals surface area contributed by atoms with Gasteiger partial charge in [0.2, 0.25) is 0 Å². The molecule has 0 fully saturated rings. The van der Waals surface area contributed by atoms with Gasteiger partial charge in [-0.3, -0.25) is 9.78 Å². The molecule has 3 aromatic rings. The third-order valence-electron chi connectivity index (χ3n) is 3.12. The number of amides is 1. The minimum absolute atomic E-state index is 0.0714. The molecule has 4 nitrogen and oxygen atoms in total. The summed E-state index contributed by atoms with van der Waals surface area (Å²) in [5.41, 5.74) is 1.92. The summed E-state index contributed by atoms with van der Waals surface area (Å²) in [7, 11) is 0. The average Bonchev–Trinajstić information content (AvgIpc) is 2.52. The van der Waals surface area contributed by atoms with Crippen molar-refractivity contribution < 1.29 is 9.18 Å². The van der Waals surface area contributed by atoms with Crippen LogP contribution in [0.4, 0.5) is 4.39 Å². The van der Waals surface area contributed by atoms with Crippen molar-refractivity contribution in [1.82, 2.24) is 15.3 Å². The van der Waals surface area contributed by atoms with E-state index in [0.29, 0.717) is 5.69 Å². The van der Waals surface area contributed by atoms with Gasteiger partial charge in [-0.2, -0.15) is 0 Å². The molecule has 0 unspecified atom stereocenters. The van der Waals surface area contributed by atoms with Crippen LogP contribution in [0, 0.1) is 5.82 Å². The quantitative estimate of drug-likeness (QED) is 0.806. The summed E-state index contributed by atoms with van der Waals surface area (Å²) in [5.74, 6) is -1.24. The molecule has 3 rings (SSSR count). The third-order valence-corrected chi connectivity index (χ3v) is 3.43. The SMILES string of the molecule is O=C(NCc1cnc2ccccc2n1)c1c(F)cccc1Cl. The normalized spacial score (nSPS) is 10.6. The molecule has 0 aliphatic heterocycles. The van der Waals surface area contributed by atoms with Gasteiger partial charge in [-0.15, -0.1) is 0 Å². The molecule has 0 radical (unpaired) electrons. The van der Waals surface area contributed by atoms with Gasteiger partial charge in [-0.25, -0.2) is 9.37 Å². The van der Waals surface area contributed by atoms with E-state index in [9.17, 15) is 9.18 Å². The highest BCUT2D eigenvalue weighted by atomic mass is 35.5. The van der Waals surface area contributed by atoms with E-state index in [4.69, 9.17) is 11.6 Å². The van der Waals surface area contributed by atoms with E-state index in [1.165, 1.54) is 18.2 Å². The fourth-order valence-electron chi connectivity index (χ4n) is 2.05. The van der Waals surface area contributed by atoms with E-state index in [1.807, 2.05) is 24.3 Å². The number of aromatic nitrogens is 2. The first-order valence-electron chi connectivity index (χ1n) is 6.58. The number of hydrogen-bond donors (Lipinski definition) is 1. The van der Waals surface area contributed by atoms with Gasteiger partial charge in [0.1, 0.15) is 5.82 Å². The summed E-state index contributed by atoms with van der Waals surface area (Å²) in [6.07, 6.45) is 1.57. The zero-order valence-electron chi connectivity index (χ0n) is 11.4. The van der Waals surface area contributed by atoms with Crippen LogP contribution >= 0.6 is 11.6 Å². The maximum Gasteiger partial charge on any atom is 0.256 e. The lowest BCUT2D eigenvalue weighted by Crippen LogP contribution is -2.24. The van der Waals surface area contributed by atoms with Crippen molar-refractivity contribution in [2.45, 2.75) is 6.54 Å². The van der Waals surface area contributed by atoms with E-state index in [0.717, 1.165) is 11.0 Å². The Bertz CT molecular complexity index is 833. The standard InChI is InChI=1S/C16H11ClFN3O/c17-11-4-3-5-12(18)15(11)16(22)20-9-10-8-19-13-6-1-2-7-14(13)21-10/h1-8H,9H2,(H,20,22). The van der Waals surface area contributed by atoms with Crippen LogP contribution in [0.3, 0.4) is 0 Å². The Hall–Kier alpha value is -2.53. The maximum atomic E-state index is 13.7. The van der Waals surface area contributed by atoms with Crippen LogP contribution in [0.15, 0.2) is 48.7 Å². The Labute approximate surface area is 131 Å². The molecule has 1 aromatic heterocycles. The zero-order chi connectivity index (χ0) is 15.5. The van der Waals surface area contributed by atoms with Gasteiger partial charge in [0, 0.05) is 0 Å². The van der Waals surface area contributed by atoms with Gasteiger partial charge in [0.25, 0.3) is 5.91 Å². The molecule has 2 aromatic carbocycles. The fourth-order valence-corrected chi connectivity index (χ4v) is 2.30. The summed E-state index contributed by atoms with van der Waals surface area (Å²) in [6, 6.07) is 11.5. The fraction of sp³-hybridized carbons (Fsp3) is 0.0625. The molecule has 0 aliphatic rings. The first-order chi connectivity index (χ1) is 10.6. The molecule has 1 N–H and O–H groups in total. The number of hydrogen-bond acceptors (Lipinski definition) is 3. The molecule has 22 heavy (non-hydrogen) atoms. The van der Waals surface area contributed by atoms with E-state index in [-0.39, 0.29) is 17.1 Å². The van der Waals surface area contributed by atoms with Crippen LogP contribution in [-0.4, -0.2) is 15.9 Å². The van der Waals surface area contributed by atoms with Crippen molar-refractivity contribution in [2.75, 3.05) is 0 Å². The Morgan fingerprint density at radius 1 is 1.14 bits per heavy atom. The van der Waals surface area contributed by atoms with Gasteiger partial charge in [0.05, 0.1) is 40.1 Å². The van der Waals surface area contributed by atoms with Gasteiger partial charge in [-0.1, -0.05) is 29.8 Å². The van der Waals surface area contributed by atoms with Gasteiger partial charge >= 0.3 is 0 Å². The van der Waals surface area contributed by atoms with Gasteiger partial charge < -0.3 is 5.32 Å². The first-order valence-corrected chi connectivity index (χ1v) is 6.96. The van der Waals surface area contributed by atoms with Crippen molar-refractivity contribution in [2.24, 2.45) is 0 Å². The van der Waals surface area contributed by atoms with E-state index >= 15 is 0 Å².